The number of ether oxygens (including phenoxy) is 4. The van der Waals surface area contributed by atoms with Gasteiger partial charge in [-0.15, -0.1) is 0 Å². The molecule has 0 saturated carbocycles. The summed E-state index contributed by atoms with van der Waals surface area (Å²) in [6.07, 6.45) is -1.01. The van der Waals surface area contributed by atoms with Gasteiger partial charge in [-0.1, -0.05) is 58.0 Å². The molecule has 5 atom stereocenters. The van der Waals surface area contributed by atoms with Crippen LogP contribution in [0.3, 0.4) is 0 Å². The van der Waals surface area contributed by atoms with Crippen LogP contribution in [0.25, 0.3) is 0 Å². The number of carbonyl (C=O) groups is 5. The molecule has 2 unspecified atom stereocenters. The minimum absolute atomic E-state index is 0.0277. The van der Waals surface area contributed by atoms with Crippen molar-refractivity contribution in [2.75, 3.05) is 13.1 Å². The Bertz CT molecular complexity index is 1520. The van der Waals surface area contributed by atoms with E-state index in [1.54, 1.807) is 38.1 Å². The molecule has 2 amide bonds. The lowest BCUT2D eigenvalue weighted by Gasteiger charge is -2.29. The van der Waals surface area contributed by atoms with Gasteiger partial charge >= 0.3 is 18.1 Å². The average molecular weight is 698 g/mol. The highest BCUT2D eigenvalue weighted by atomic mass is 16.7. The number of hydrogen-bond donors (Lipinski definition) is 3. The van der Waals surface area contributed by atoms with Crippen LogP contribution in [0.1, 0.15) is 51.7 Å². The van der Waals surface area contributed by atoms with Crippen LogP contribution in [0, 0.1) is 27.9 Å². The fourth-order valence-corrected chi connectivity index (χ4v) is 4.77. The van der Waals surface area contributed by atoms with E-state index in [4.69, 9.17) is 18.9 Å². The predicted octanol–water partition coefficient (Wildman–Crippen LogP) is 3.55. The Hall–Kier alpha value is -5.31. The van der Waals surface area contributed by atoms with Crippen LogP contribution >= 0.6 is 0 Å². The Morgan fingerprint density at radius 1 is 0.980 bits per heavy atom. The van der Waals surface area contributed by atoms with E-state index < -0.39 is 65.0 Å². The number of aliphatic hydroxyl groups is 1. The summed E-state index contributed by atoms with van der Waals surface area (Å²) in [5.41, 5.74) is 1.21. The van der Waals surface area contributed by atoms with Gasteiger partial charge in [0.25, 0.3) is 5.69 Å². The van der Waals surface area contributed by atoms with E-state index in [0.29, 0.717) is 5.56 Å². The normalized spacial score (nSPS) is 21.1. The molecule has 0 aromatic heterocycles. The minimum Gasteiger partial charge on any atom is -0.459 e. The molecule has 1 aliphatic heterocycles. The van der Waals surface area contributed by atoms with Crippen molar-refractivity contribution >= 4 is 35.6 Å². The predicted molar refractivity (Wildman–Crippen MR) is 177 cm³/mol. The number of hydrogen-bond acceptors (Lipinski definition) is 12. The average Bonchev–Trinajstić information content (AvgIpc) is 3.07. The van der Waals surface area contributed by atoms with Crippen molar-refractivity contribution < 1.29 is 52.9 Å². The molecule has 0 saturated heterocycles. The Morgan fingerprint density at radius 3 is 2.28 bits per heavy atom. The maximum atomic E-state index is 13.4. The Labute approximate surface area is 289 Å². The number of non-ortho nitro benzene ring substituents is 1. The third kappa shape index (κ3) is 13.0. The first-order valence-electron chi connectivity index (χ1n) is 16.2. The number of amides is 2. The molecule has 0 bridgehead atoms. The molecule has 0 spiro atoms. The van der Waals surface area contributed by atoms with E-state index in [-0.39, 0.29) is 56.3 Å². The van der Waals surface area contributed by atoms with Gasteiger partial charge in [-0.25, -0.2) is 9.59 Å². The molecule has 0 radical (unpaired) electrons. The van der Waals surface area contributed by atoms with E-state index in [1.807, 2.05) is 13.8 Å². The molecule has 2 aromatic carbocycles. The van der Waals surface area contributed by atoms with Crippen molar-refractivity contribution in [2.24, 2.45) is 17.8 Å². The number of cyclic esters (lactones) is 2. The molecule has 3 N–H and O–H groups in total. The number of nitro benzene ring substituents is 1. The number of aliphatic hydroxyl groups excluding tert-OH is 1. The molecule has 270 valence electrons. The lowest BCUT2D eigenvalue weighted by Crippen LogP contribution is -2.42. The van der Waals surface area contributed by atoms with Crippen LogP contribution in [0.2, 0.25) is 0 Å². The Balaban J connectivity index is 1.66. The van der Waals surface area contributed by atoms with Gasteiger partial charge in [0.1, 0.15) is 18.5 Å². The fourth-order valence-electron chi connectivity index (χ4n) is 4.77. The molecule has 15 nitrogen and oxygen atoms in total. The van der Waals surface area contributed by atoms with Gasteiger partial charge in [0, 0.05) is 31.0 Å². The first kappa shape index (κ1) is 39.1. The van der Waals surface area contributed by atoms with Crippen LogP contribution in [-0.4, -0.2) is 71.3 Å². The topological polar surface area (TPSA) is 210 Å². The van der Waals surface area contributed by atoms with E-state index in [0.717, 1.165) is 5.56 Å². The summed E-state index contributed by atoms with van der Waals surface area (Å²) in [6, 6.07) is 11.8. The van der Waals surface area contributed by atoms with Crippen LogP contribution in [-0.2, 0) is 46.4 Å². The second-order valence-electron chi connectivity index (χ2n) is 12.4. The first-order chi connectivity index (χ1) is 23.7. The lowest BCUT2D eigenvalue weighted by atomic mass is 9.90. The smallest absolute Gasteiger partial charge is 0.459 e. The van der Waals surface area contributed by atoms with Gasteiger partial charge in [-0.3, -0.25) is 24.5 Å². The van der Waals surface area contributed by atoms with Crippen LogP contribution < -0.4 is 15.4 Å². The van der Waals surface area contributed by atoms with Crippen molar-refractivity contribution in [3.63, 3.8) is 0 Å². The van der Waals surface area contributed by atoms with Gasteiger partial charge < -0.3 is 34.7 Å². The van der Waals surface area contributed by atoms with Gasteiger partial charge in [0.05, 0.1) is 23.5 Å². The number of nitrogens with zero attached hydrogens (tertiary/aromatic N) is 1. The Morgan fingerprint density at radius 2 is 1.64 bits per heavy atom. The van der Waals surface area contributed by atoms with Crippen LogP contribution in [0.5, 0.6) is 5.75 Å². The summed E-state index contributed by atoms with van der Waals surface area (Å²) in [5.74, 6) is -3.86. The van der Waals surface area contributed by atoms with E-state index >= 15 is 0 Å². The number of esters is 2. The molecule has 0 fully saturated rings. The summed E-state index contributed by atoms with van der Waals surface area (Å²) in [4.78, 5) is 72.8. The lowest BCUT2D eigenvalue weighted by molar-refractivity contribution is -0.384. The molecule has 50 heavy (non-hydrogen) atoms. The monoisotopic (exact) mass is 697 g/mol. The molecule has 1 aliphatic rings. The first-order valence-corrected chi connectivity index (χ1v) is 16.2. The zero-order valence-electron chi connectivity index (χ0n) is 28.4. The molecular weight excluding hydrogens is 654 g/mol. The SMILES string of the molecule is CC(C)C[C@@H]1OC(=O)C(C)CNC(=O)CNC(=O)/C=C/C[C@@H](C(C)[C@H](O)Cc2ccc(COC(=O)Oc3ccc([N+](=O)[O-])cc3)cc2)OC1=O. The zero-order valence-corrected chi connectivity index (χ0v) is 28.4. The molecule has 0 aliphatic carbocycles. The van der Waals surface area contributed by atoms with E-state index in [1.165, 1.54) is 36.4 Å². The van der Waals surface area contributed by atoms with Crippen LogP contribution in [0.15, 0.2) is 60.7 Å². The molecule has 15 heteroatoms. The molecule has 2 aromatic rings. The van der Waals surface area contributed by atoms with Crippen molar-refractivity contribution in [1.82, 2.24) is 10.6 Å². The van der Waals surface area contributed by atoms with Gasteiger partial charge in [-0.2, -0.15) is 0 Å². The highest BCUT2D eigenvalue weighted by Crippen LogP contribution is 2.23. The maximum absolute atomic E-state index is 13.4. The third-order valence-electron chi connectivity index (χ3n) is 7.81. The van der Waals surface area contributed by atoms with Crippen molar-refractivity contribution in [3.05, 3.63) is 81.9 Å². The van der Waals surface area contributed by atoms with E-state index in [9.17, 15) is 39.2 Å². The summed E-state index contributed by atoms with van der Waals surface area (Å²) in [5, 5.41) is 27.0. The number of rotatable bonds is 10. The standard InChI is InChI=1S/C35H43N3O12/c1-21(2)16-30-34(43)49-29(6-5-7-31(40)37-19-32(41)36-18-22(3)33(42)50-30)23(4)28(39)17-24-8-10-25(11-9-24)20-47-35(44)48-27-14-12-26(13-15-27)38(45)46/h5,7-15,21-23,28-30,39H,6,16-20H2,1-4H3,(H,36,41)(H,37,40)/b7-5+/t22?,23?,28-,29+,30+/m1/s1. The minimum atomic E-state index is -1.21. The van der Waals surface area contributed by atoms with Crippen molar-refractivity contribution in [3.8, 4) is 5.75 Å². The number of benzene rings is 2. The van der Waals surface area contributed by atoms with Gasteiger partial charge in [0.15, 0.2) is 6.10 Å². The van der Waals surface area contributed by atoms with Crippen molar-refractivity contribution in [2.45, 2.75) is 71.9 Å². The third-order valence-corrected chi connectivity index (χ3v) is 7.81. The summed E-state index contributed by atoms with van der Waals surface area (Å²) < 4.78 is 21.5. The zero-order chi connectivity index (χ0) is 36.8. The number of nitro groups is 1. The van der Waals surface area contributed by atoms with Gasteiger partial charge in [0.2, 0.25) is 11.8 Å². The van der Waals surface area contributed by atoms with Crippen LogP contribution in [0.4, 0.5) is 10.5 Å². The quantitative estimate of drug-likeness (QED) is 0.107. The highest BCUT2D eigenvalue weighted by molar-refractivity contribution is 5.91. The number of carbonyl (C=O) groups excluding carboxylic acids is 5. The summed E-state index contributed by atoms with van der Waals surface area (Å²) >= 11 is 0. The molecular formula is C35H43N3O12. The van der Waals surface area contributed by atoms with Crippen molar-refractivity contribution in [1.29, 1.82) is 0 Å². The molecule has 1 heterocycles. The van der Waals surface area contributed by atoms with Gasteiger partial charge in [-0.05, 0) is 48.1 Å². The maximum Gasteiger partial charge on any atom is 0.514 e. The second kappa shape index (κ2) is 19.0. The molecule has 3 rings (SSSR count). The largest absolute Gasteiger partial charge is 0.514 e. The Kier molecular flexibility index (Phi) is 14.9. The highest BCUT2D eigenvalue weighted by Gasteiger charge is 2.33. The fraction of sp³-hybridized carbons (Fsp3) is 0.457. The second-order valence-corrected chi connectivity index (χ2v) is 12.4. The number of nitrogens with one attached hydrogen (secondary N) is 2. The summed E-state index contributed by atoms with van der Waals surface area (Å²) in [6.45, 7) is 6.50. The van der Waals surface area contributed by atoms with E-state index in [2.05, 4.69) is 10.6 Å². The summed E-state index contributed by atoms with van der Waals surface area (Å²) in [7, 11) is 0.